The zero-order valence-corrected chi connectivity index (χ0v) is 10.5. The lowest BCUT2D eigenvalue weighted by Crippen LogP contribution is -2.20. The highest BCUT2D eigenvalue weighted by molar-refractivity contribution is 5.40. The number of rotatable bonds is 1. The first-order chi connectivity index (χ1) is 7.63. The van der Waals surface area contributed by atoms with Crippen molar-refractivity contribution in [3.63, 3.8) is 0 Å². The quantitative estimate of drug-likeness (QED) is 0.733. The fraction of sp³-hybridized carbons (Fsp3) is 0.429. The van der Waals surface area contributed by atoms with E-state index in [-0.39, 0.29) is 0 Å². The van der Waals surface area contributed by atoms with E-state index in [0.717, 1.165) is 30.8 Å². The molecule has 0 bridgehead atoms. The lowest BCUT2D eigenvalue weighted by atomic mass is 10.1. The first kappa shape index (κ1) is 12.8. The second kappa shape index (κ2) is 6.33. The molecule has 0 fully saturated rings. The molecule has 0 spiro atoms. The van der Waals surface area contributed by atoms with Crippen molar-refractivity contribution in [3.8, 4) is 0 Å². The summed E-state index contributed by atoms with van der Waals surface area (Å²) in [6, 6.07) is 0. The molecule has 0 saturated carbocycles. The van der Waals surface area contributed by atoms with Crippen LogP contribution in [0.15, 0.2) is 47.2 Å². The van der Waals surface area contributed by atoms with Crippen molar-refractivity contribution in [3.05, 3.63) is 47.2 Å². The number of likely N-dealkylation sites (N-methyl/N-ethyl adjacent to an activating group) is 1. The normalized spacial score (nSPS) is 26.8. The van der Waals surface area contributed by atoms with Crippen LogP contribution in [0.5, 0.6) is 0 Å². The van der Waals surface area contributed by atoms with Crippen LogP contribution in [0.3, 0.4) is 0 Å². The van der Waals surface area contributed by atoms with Crippen LogP contribution >= 0.6 is 0 Å². The molecule has 1 aliphatic rings. The topological polar surface area (TPSA) is 29.3 Å². The third-order valence-electron chi connectivity index (χ3n) is 2.79. The molecular formula is C14H22N2. The van der Waals surface area contributed by atoms with Crippen molar-refractivity contribution in [1.29, 1.82) is 0 Å². The van der Waals surface area contributed by atoms with E-state index in [1.807, 2.05) is 13.0 Å². The molecule has 0 saturated heterocycles. The molecular weight excluding hydrogens is 196 g/mol. The summed E-state index contributed by atoms with van der Waals surface area (Å²) in [4.78, 5) is 2.31. The molecule has 0 aromatic heterocycles. The average molecular weight is 218 g/mol. The molecule has 2 heteroatoms. The van der Waals surface area contributed by atoms with Gasteiger partial charge >= 0.3 is 0 Å². The third-order valence-corrected chi connectivity index (χ3v) is 2.79. The van der Waals surface area contributed by atoms with Gasteiger partial charge in [0.05, 0.1) is 0 Å². The number of nitrogens with two attached hydrogens (primary N) is 1. The Morgan fingerprint density at radius 3 is 2.88 bits per heavy atom. The first-order valence-electron chi connectivity index (χ1n) is 5.78. The largest absolute Gasteiger partial charge is 0.399 e. The van der Waals surface area contributed by atoms with Crippen molar-refractivity contribution >= 4 is 0 Å². The standard InChI is InChI=1S/C14H22N2/c1-4-14(15)13-6-5-10-16(3)11-9-12(2)7-8-13/h4-8H,9-11,15H2,1-3H3/b6-5?,12-7+,13-8+,14-4-. The van der Waals surface area contributed by atoms with Crippen LogP contribution in [0.1, 0.15) is 20.3 Å². The summed E-state index contributed by atoms with van der Waals surface area (Å²) < 4.78 is 0. The van der Waals surface area contributed by atoms with Crippen LogP contribution in [0.25, 0.3) is 0 Å². The van der Waals surface area contributed by atoms with E-state index in [4.69, 9.17) is 5.73 Å². The molecule has 0 amide bonds. The van der Waals surface area contributed by atoms with Gasteiger partial charge in [0, 0.05) is 18.8 Å². The van der Waals surface area contributed by atoms with Crippen molar-refractivity contribution in [2.24, 2.45) is 5.73 Å². The molecule has 2 N–H and O–H groups in total. The summed E-state index contributed by atoms with van der Waals surface area (Å²) in [6.07, 6.45) is 11.6. The zero-order valence-electron chi connectivity index (χ0n) is 10.5. The maximum atomic E-state index is 5.94. The molecule has 1 rings (SSSR count). The highest BCUT2D eigenvalue weighted by atomic mass is 15.1. The Balaban J connectivity index is 2.95. The Morgan fingerprint density at radius 2 is 2.19 bits per heavy atom. The lowest BCUT2D eigenvalue weighted by molar-refractivity contribution is 0.374. The predicted octanol–water partition coefficient (Wildman–Crippen LogP) is 2.61. The minimum absolute atomic E-state index is 0.837. The van der Waals surface area contributed by atoms with Crippen LogP contribution < -0.4 is 5.73 Å². The highest BCUT2D eigenvalue weighted by Gasteiger charge is 2.00. The van der Waals surface area contributed by atoms with Gasteiger partial charge < -0.3 is 10.6 Å². The molecule has 0 aromatic rings. The lowest BCUT2D eigenvalue weighted by Gasteiger charge is -2.15. The van der Waals surface area contributed by atoms with Crippen molar-refractivity contribution < 1.29 is 0 Å². The molecule has 0 aromatic carbocycles. The van der Waals surface area contributed by atoms with E-state index in [1.165, 1.54) is 5.57 Å². The smallest absolute Gasteiger partial charge is 0.0344 e. The summed E-state index contributed by atoms with van der Waals surface area (Å²) in [5.74, 6) is 0. The summed E-state index contributed by atoms with van der Waals surface area (Å²) in [5, 5.41) is 0. The fourth-order valence-corrected chi connectivity index (χ4v) is 1.55. The van der Waals surface area contributed by atoms with Gasteiger partial charge in [-0.2, -0.15) is 0 Å². The minimum Gasteiger partial charge on any atom is -0.399 e. The molecule has 0 radical (unpaired) electrons. The highest BCUT2D eigenvalue weighted by Crippen LogP contribution is 2.11. The summed E-state index contributed by atoms with van der Waals surface area (Å²) >= 11 is 0. The van der Waals surface area contributed by atoms with Gasteiger partial charge in [-0.3, -0.25) is 0 Å². The zero-order chi connectivity index (χ0) is 12.0. The van der Waals surface area contributed by atoms with E-state index >= 15 is 0 Å². The van der Waals surface area contributed by atoms with Crippen LogP contribution in [0, 0.1) is 0 Å². The summed E-state index contributed by atoms with van der Waals surface area (Å²) in [5.41, 5.74) is 9.26. The Hall–Kier alpha value is -1.28. The molecule has 0 atom stereocenters. The van der Waals surface area contributed by atoms with Crippen LogP contribution in [0.4, 0.5) is 0 Å². The van der Waals surface area contributed by atoms with Crippen LogP contribution in [0.2, 0.25) is 0 Å². The predicted molar refractivity (Wildman–Crippen MR) is 71.0 cm³/mol. The number of allylic oxidation sites excluding steroid dienone is 4. The molecule has 0 aliphatic carbocycles. The van der Waals surface area contributed by atoms with Gasteiger partial charge in [0.2, 0.25) is 0 Å². The van der Waals surface area contributed by atoms with E-state index in [9.17, 15) is 0 Å². The Labute approximate surface area is 98.8 Å². The van der Waals surface area contributed by atoms with Crippen LogP contribution in [-0.4, -0.2) is 25.0 Å². The molecule has 1 aliphatic heterocycles. The van der Waals surface area contributed by atoms with Gasteiger partial charge in [-0.25, -0.2) is 0 Å². The maximum absolute atomic E-state index is 5.94. The Morgan fingerprint density at radius 1 is 1.44 bits per heavy atom. The van der Waals surface area contributed by atoms with Crippen molar-refractivity contribution in [2.45, 2.75) is 20.3 Å². The van der Waals surface area contributed by atoms with Gasteiger partial charge in [0.15, 0.2) is 0 Å². The minimum atomic E-state index is 0.837. The van der Waals surface area contributed by atoms with Crippen molar-refractivity contribution in [2.75, 3.05) is 20.1 Å². The third kappa shape index (κ3) is 4.07. The molecule has 0 unspecified atom stereocenters. The van der Waals surface area contributed by atoms with E-state index in [2.05, 4.69) is 43.2 Å². The average Bonchev–Trinajstić information content (AvgIpc) is 2.29. The van der Waals surface area contributed by atoms with Gasteiger partial charge in [-0.1, -0.05) is 36.0 Å². The fourth-order valence-electron chi connectivity index (χ4n) is 1.55. The Bertz CT molecular complexity index is 346. The molecule has 1 heterocycles. The Kier molecular flexibility index (Phi) is 5.06. The molecule has 2 nitrogen and oxygen atoms in total. The van der Waals surface area contributed by atoms with Gasteiger partial charge in [0.25, 0.3) is 0 Å². The second-order valence-electron chi connectivity index (χ2n) is 4.29. The molecule has 16 heavy (non-hydrogen) atoms. The van der Waals surface area contributed by atoms with E-state index in [1.54, 1.807) is 0 Å². The number of nitrogens with zero attached hydrogens (tertiary/aromatic N) is 1. The monoisotopic (exact) mass is 218 g/mol. The summed E-state index contributed by atoms with van der Waals surface area (Å²) in [6.45, 7) is 6.21. The van der Waals surface area contributed by atoms with E-state index < -0.39 is 0 Å². The molecule has 88 valence electrons. The van der Waals surface area contributed by atoms with Crippen molar-refractivity contribution in [1.82, 2.24) is 4.90 Å². The van der Waals surface area contributed by atoms with Gasteiger partial charge in [0.1, 0.15) is 0 Å². The second-order valence-corrected chi connectivity index (χ2v) is 4.29. The first-order valence-corrected chi connectivity index (χ1v) is 5.78. The number of hydrogen-bond donors (Lipinski definition) is 1. The SMILES string of the molecule is C/C=C(N)/C1=C/C=C(\C)CCN(C)CC=C1. The van der Waals surface area contributed by atoms with Crippen LogP contribution in [-0.2, 0) is 0 Å². The number of hydrogen-bond acceptors (Lipinski definition) is 2. The summed E-state index contributed by atoms with van der Waals surface area (Å²) in [7, 11) is 2.14. The van der Waals surface area contributed by atoms with Gasteiger partial charge in [-0.15, -0.1) is 0 Å². The maximum Gasteiger partial charge on any atom is 0.0344 e. The van der Waals surface area contributed by atoms with Gasteiger partial charge in [-0.05, 0) is 32.9 Å². The van der Waals surface area contributed by atoms with E-state index in [0.29, 0.717) is 0 Å².